The van der Waals surface area contributed by atoms with Crippen molar-refractivity contribution in [2.45, 2.75) is 20.4 Å². The number of nitrogens with zero attached hydrogens (tertiary/aromatic N) is 3. The number of amides is 1. The molecule has 0 aliphatic rings. The summed E-state index contributed by atoms with van der Waals surface area (Å²) in [7, 11) is 0. The van der Waals surface area contributed by atoms with Crippen molar-refractivity contribution in [3.8, 4) is 10.6 Å². The van der Waals surface area contributed by atoms with Crippen LogP contribution in [0, 0.1) is 13.8 Å². The van der Waals surface area contributed by atoms with Gasteiger partial charge in [-0.15, -0.1) is 11.3 Å². The highest BCUT2D eigenvalue weighted by Crippen LogP contribution is 2.27. The van der Waals surface area contributed by atoms with Crippen molar-refractivity contribution in [2.75, 3.05) is 6.54 Å². The number of thiazole rings is 1. The van der Waals surface area contributed by atoms with E-state index in [9.17, 15) is 9.59 Å². The molecule has 28 heavy (non-hydrogen) atoms. The number of benzene rings is 1. The summed E-state index contributed by atoms with van der Waals surface area (Å²) in [5.74, 6) is -0.266. The minimum Gasteiger partial charge on any atom is -0.351 e. The Kier molecular flexibility index (Phi) is 6.38. The van der Waals surface area contributed by atoms with E-state index in [0.717, 1.165) is 21.1 Å². The Morgan fingerprint density at radius 3 is 2.75 bits per heavy atom. The predicted octanol–water partition coefficient (Wildman–Crippen LogP) is 3.47. The van der Waals surface area contributed by atoms with Gasteiger partial charge in [0.2, 0.25) is 5.91 Å². The van der Waals surface area contributed by atoms with E-state index in [-0.39, 0.29) is 24.6 Å². The van der Waals surface area contributed by atoms with Gasteiger partial charge in [0.1, 0.15) is 5.69 Å². The fourth-order valence-corrected chi connectivity index (χ4v) is 3.70. The smallest absolute Gasteiger partial charge is 0.266 e. The second-order valence-corrected chi connectivity index (χ2v) is 7.68. The molecule has 8 heteroatoms. The topological polar surface area (TPSA) is 76.9 Å². The lowest BCUT2D eigenvalue weighted by Crippen LogP contribution is -2.31. The van der Waals surface area contributed by atoms with Crippen LogP contribution < -0.4 is 10.9 Å². The molecule has 3 rings (SSSR count). The Labute approximate surface area is 171 Å². The Bertz CT molecular complexity index is 1090. The van der Waals surface area contributed by atoms with Crippen LogP contribution in [0.3, 0.4) is 0 Å². The van der Waals surface area contributed by atoms with Crippen LogP contribution in [0.5, 0.6) is 0 Å². The number of rotatable bonds is 6. The highest BCUT2D eigenvalue weighted by Gasteiger charge is 2.10. The summed E-state index contributed by atoms with van der Waals surface area (Å²) in [6, 6.07) is 10.4. The standard InChI is InChI=1S/C20H19ClN4O2S/c1-13-20(28-14(2)23-13)17-8-10-19(27)25(24-17)12-11-22-18(26)9-7-15-5-3-4-6-16(15)21/h3-10H,11-12H2,1-2H3,(H,22,26). The molecule has 0 bridgehead atoms. The first-order valence-corrected chi connectivity index (χ1v) is 9.86. The first-order valence-electron chi connectivity index (χ1n) is 8.67. The van der Waals surface area contributed by atoms with E-state index in [4.69, 9.17) is 11.6 Å². The van der Waals surface area contributed by atoms with Gasteiger partial charge in [-0.2, -0.15) is 5.10 Å². The molecule has 0 unspecified atom stereocenters. The van der Waals surface area contributed by atoms with Crippen molar-refractivity contribution in [3.63, 3.8) is 0 Å². The minimum atomic E-state index is -0.266. The molecule has 6 nitrogen and oxygen atoms in total. The molecule has 0 aliphatic heterocycles. The summed E-state index contributed by atoms with van der Waals surface area (Å²) in [6.07, 6.45) is 3.06. The van der Waals surface area contributed by atoms with Crippen molar-refractivity contribution in [1.82, 2.24) is 20.1 Å². The van der Waals surface area contributed by atoms with Gasteiger partial charge in [-0.05, 0) is 37.6 Å². The highest BCUT2D eigenvalue weighted by atomic mass is 35.5. The van der Waals surface area contributed by atoms with Crippen LogP contribution >= 0.6 is 22.9 Å². The van der Waals surface area contributed by atoms with E-state index < -0.39 is 0 Å². The zero-order chi connectivity index (χ0) is 20.1. The average Bonchev–Trinajstić information content (AvgIpc) is 3.01. The second-order valence-electron chi connectivity index (χ2n) is 6.07. The first-order chi connectivity index (χ1) is 13.4. The van der Waals surface area contributed by atoms with Crippen LogP contribution in [0.1, 0.15) is 16.3 Å². The number of carbonyl (C=O) groups is 1. The summed E-state index contributed by atoms with van der Waals surface area (Å²) in [5.41, 5.74) is 2.13. The van der Waals surface area contributed by atoms with Crippen LogP contribution in [0.25, 0.3) is 16.6 Å². The molecular formula is C20H19ClN4O2S. The first kappa shape index (κ1) is 20.0. The lowest BCUT2D eigenvalue weighted by molar-refractivity contribution is -0.116. The number of aryl methyl sites for hydroxylation is 2. The summed E-state index contributed by atoms with van der Waals surface area (Å²) < 4.78 is 1.35. The van der Waals surface area contributed by atoms with Crippen molar-refractivity contribution in [2.24, 2.45) is 0 Å². The van der Waals surface area contributed by atoms with Gasteiger partial charge in [-0.25, -0.2) is 9.67 Å². The lowest BCUT2D eigenvalue weighted by Gasteiger charge is -2.07. The Hall–Kier alpha value is -2.77. The third-order valence-electron chi connectivity index (χ3n) is 3.95. The van der Waals surface area contributed by atoms with Gasteiger partial charge in [0.15, 0.2) is 0 Å². The van der Waals surface area contributed by atoms with Crippen LogP contribution in [-0.4, -0.2) is 27.2 Å². The predicted molar refractivity (Wildman–Crippen MR) is 113 cm³/mol. The van der Waals surface area contributed by atoms with E-state index in [0.29, 0.717) is 10.7 Å². The van der Waals surface area contributed by atoms with Crippen molar-refractivity contribution >= 4 is 34.9 Å². The summed E-state index contributed by atoms with van der Waals surface area (Å²) in [4.78, 5) is 29.4. The molecular weight excluding hydrogens is 396 g/mol. The van der Waals surface area contributed by atoms with Crippen LogP contribution in [0.15, 0.2) is 47.3 Å². The summed E-state index contributed by atoms with van der Waals surface area (Å²) in [5, 5.41) is 8.68. The minimum absolute atomic E-state index is 0.219. The molecule has 0 aliphatic carbocycles. The number of hydrogen-bond donors (Lipinski definition) is 1. The van der Waals surface area contributed by atoms with E-state index in [1.807, 2.05) is 32.0 Å². The molecule has 2 heterocycles. The van der Waals surface area contributed by atoms with E-state index >= 15 is 0 Å². The molecule has 0 fully saturated rings. The fourth-order valence-electron chi connectivity index (χ4n) is 2.62. The Morgan fingerprint density at radius 2 is 2.04 bits per heavy atom. The van der Waals surface area contributed by atoms with Gasteiger partial charge < -0.3 is 5.32 Å². The number of hydrogen-bond acceptors (Lipinski definition) is 5. The van der Waals surface area contributed by atoms with Gasteiger partial charge in [0.25, 0.3) is 5.56 Å². The zero-order valence-electron chi connectivity index (χ0n) is 15.5. The zero-order valence-corrected chi connectivity index (χ0v) is 17.0. The Balaban J connectivity index is 1.62. The molecule has 3 aromatic rings. The molecule has 144 valence electrons. The second kappa shape index (κ2) is 8.95. The number of aromatic nitrogens is 3. The van der Waals surface area contributed by atoms with Gasteiger partial charge in [-0.1, -0.05) is 29.8 Å². The summed E-state index contributed by atoms with van der Waals surface area (Å²) >= 11 is 7.59. The lowest BCUT2D eigenvalue weighted by atomic mass is 10.2. The molecule has 1 aromatic carbocycles. The normalized spacial score (nSPS) is 11.1. The van der Waals surface area contributed by atoms with Gasteiger partial charge in [-0.3, -0.25) is 9.59 Å². The molecule has 0 atom stereocenters. The van der Waals surface area contributed by atoms with Crippen LogP contribution in [0.2, 0.25) is 5.02 Å². The number of carbonyl (C=O) groups excluding carboxylic acids is 1. The summed E-state index contributed by atoms with van der Waals surface area (Å²) in [6.45, 7) is 4.41. The third-order valence-corrected chi connectivity index (χ3v) is 5.38. The monoisotopic (exact) mass is 414 g/mol. The average molecular weight is 415 g/mol. The van der Waals surface area contributed by atoms with Crippen LogP contribution in [0.4, 0.5) is 0 Å². The number of nitrogens with one attached hydrogen (secondary N) is 1. The van der Waals surface area contributed by atoms with Gasteiger partial charge in [0.05, 0.1) is 22.1 Å². The quantitative estimate of drug-likeness (QED) is 0.626. The highest BCUT2D eigenvalue weighted by molar-refractivity contribution is 7.15. The molecule has 0 spiro atoms. The van der Waals surface area contributed by atoms with Gasteiger partial charge >= 0.3 is 0 Å². The van der Waals surface area contributed by atoms with E-state index in [2.05, 4.69) is 15.4 Å². The molecule has 1 amide bonds. The third kappa shape index (κ3) is 4.94. The molecule has 0 saturated heterocycles. The molecule has 0 saturated carbocycles. The SMILES string of the molecule is Cc1nc(C)c(-c2ccc(=O)n(CCNC(=O)C=Cc3ccccc3Cl)n2)s1. The maximum atomic E-state index is 12.1. The van der Waals surface area contributed by atoms with Crippen LogP contribution in [-0.2, 0) is 11.3 Å². The van der Waals surface area contributed by atoms with Crippen molar-refractivity contribution in [3.05, 3.63) is 74.1 Å². The largest absolute Gasteiger partial charge is 0.351 e. The molecule has 2 aromatic heterocycles. The van der Waals surface area contributed by atoms with E-state index in [1.165, 1.54) is 28.2 Å². The number of halogens is 1. The van der Waals surface area contributed by atoms with Gasteiger partial charge in [0, 0.05) is 23.7 Å². The maximum absolute atomic E-state index is 12.1. The van der Waals surface area contributed by atoms with E-state index in [1.54, 1.807) is 18.2 Å². The molecule has 0 radical (unpaired) electrons. The van der Waals surface area contributed by atoms with Crippen molar-refractivity contribution in [1.29, 1.82) is 0 Å². The maximum Gasteiger partial charge on any atom is 0.266 e. The molecule has 1 N–H and O–H groups in total. The van der Waals surface area contributed by atoms with Crippen molar-refractivity contribution < 1.29 is 4.79 Å². The fraction of sp³-hybridized carbons (Fsp3) is 0.200. The Morgan fingerprint density at radius 1 is 1.25 bits per heavy atom.